The molecular weight excluding hydrogens is 364 g/mol. The van der Waals surface area contributed by atoms with E-state index in [1.807, 2.05) is 24.3 Å². The molecule has 0 heterocycles. The molecule has 0 unspecified atom stereocenters. The van der Waals surface area contributed by atoms with Crippen LogP contribution in [0.1, 0.15) is 38.3 Å². The summed E-state index contributed by atoms with van der Waals surface area (Å²) in [6.07, 6.45) is 2.91. The first-order valence-electron chi connectivity index (χ1n) is 10.2. The molecule has 0 N–H and O–H groups in total. The third-order valence-corrected chi connectivity index (χ3v) is 6.09. The van der Waals surface area contributed by atoms with Crippen molar-refractivity contribution in [3.8, 4) is 11.1 Å². The molecule has 1 atom stereocenters. The standard InChI is InChI=1S/C25H26O4/c1-4-28-22(26)25(23(27)29-5-2)15-21-20-13-9-8-12-19(20)18-11-7-6-10-17(18)14-24(21,3)16-25/h6-13,15H,4-5,14,16H2,1-3H3/t24-/m0/s1. The van der Waals surface area contributed by atoms with Crippen LogP contribution in [0.2, 0.25) is 0 Å². The van der Waals surface area contributed by atoms with Gasteiger partial charge in [-0.3, -0.25) is 9.59 Å². The molecule has 2 aliphatic rings. The summed E-state index contributed by atoms with van der Waals surface area (Å²) < 4.78 is 10.7. The monoisotopic (exact) mass is 390 g/mol. The maximum atomic E-state index is 13.0. The molecule has 0 saturated carbocycles. The van der Waals surface area contributed by atoms with Crippen molar-refractivity contribution in [2.45, 2.75) is 33.6 Å². The lowest BCUT2D eigenvalue weighted by Crippen LogP contribution is -2.41. The second kappa shape index (κ2) is 7.18. The van der Waals surface area contributed by atoms with E-state index in [1.54, 1.807) is 13.8 Å². The maximum Gasteiger partial charge on any atom is 0.327 e. The smallest absolute Gasteiger partial charge is 0.327 e. The second-order valence-electron chi connectivity index (χ2n) is 8.09. The Hall–Kier alpha value is -2.88. The van der Waals surface area contributed by atoms with Crippen LogP contribution >= 0.6 is 0 Å². The van der Waals surface area contributed by atoms with Gasteiger partial charge in [-0.1, -0.05) is 61.5 Å². The summed E-state index contributed by atoms with van der Waals surface area (Å²) in [7, 11) is 0. The van der Waals surface area contributed by atoms with Gasteiger partial charge in [0.05, 0.1) is 13.2 Å². The molecule has 0 spiro atoms. The fourth-order valence-corrected chi connectivity index (χ4v) is 4.92. The summed E-state index contributed by atoms with van der Waals surface area (Å²) in [5.41, 5.74) is 3.84. The molecule has 2 aliphatic carbocycles. The largest absolute Gasteiger partial charge is 0.465 e. The van der Waals surface area contributed by atoms with E-state index in [-0.39, 0.29) is 18.6 Å². The Kier molecular flexibility index (Phi) is 4.81. The van der Waals surface area contributed by atoms with E-state index in [0.29, 0.717) is 6.42 Å². The number of esters is 2. The lowest BCUT2D eigenvalue weighted by atomic mass is 9.73. The van der Waals surface area contributed by atoms with E-state index in [9.17, 15) is 9.59 Å². The number of carbonyl (C=O) groups excluding carboxylic acids is 2. The fourth-order valence-electron chi connectivity index (χ4n) is 4.92. The molecule has 0 bridgehead atoms. The quantitative estimate of drug-likeness (QED) is 0.555. The average molecular weight is 390 g/mol. The molecular formula is C25H26O4. The summed E-state index contributed by atoms with van der Waals surface area (Å²) in [4.78, 5) is 26.1. The minimum absolute atomic E-state index is 0.222. The van der Waals surface area contributed by atoms with Crippen molar-refractivity contribution in [2.24, 2.45) is 10.8 Å². The van der Waals surface area contributed by atoms with Gasteiger partial charge in [0.25, 0.3) is 0 Å². The topological polar surface area (TPSA) is 52.6 Å². The van der Waals surface area contributed by atoms with Gasteiger partial charge in [0, 0.05) is 0 Å². The zero-order valence-electron chi connectivity index (χ0n) is 17.2. The van der Waals surface area contributed by atoms with E-state index in [1.165, 1.54) is 11.1 Å². The normalized spacial score (nSPS) is 21.1. The molecule has 0 saturated heterocycles. The minimum atomic E-state index is -1.41. The minimum Gasteiger partial charge on any atom is -0.465 e. The zero-order chi connectivity index (χ0) is 20.6. The van der Waals surface area contributed by atoms with Crippen LogP contribution in [-0.4, -0.2) is 25.2 Å². The van der Waals surface area contributed by atoms with Crippen LogP contribution in [0.4, 0.5) is 0 Å². The highest BCUT2D eigenvalue weighted by Gasteiger charge is 2.58. The van der Waals surface area contributed by atoms with E-state index in [4.69, 9.17) is 9.47 Å². The Morgan fingerprint density at radius 2 is 1.41 bits per heavy atom. The maximum absolute atomic E-state index is 13.0. The van der Waals surface area contributed by atoms with Gasteiger partial charge in [0.2, 0.25) is 0 Å². The Bertz CT molecular complexity index is 985. The van der Waals surface area contributed by atoms with Crippen LogP contribution in [0.3, 0.4) is 0 Å². The molecule has 4 heteroatoms. The van der Waals surface area contributed by atoms with Gasteiger partial charge in [-0.05, 0) is 59.9 Å². The summed E-state index contributed by atoms with van der Waals surface area (Å²) in [5, 5.41) is 0. The second-order valence-corrected chi connectivity index (χ2v) is 8.09. The van der Waals surface area contributed by atoms with Crippen molar-refractivity contribution in [2.75, 3.05) is 13.2 Å². The summed E-state index contributed by atoms with van der Waals surface area (Å²) >= 11 is 0. The predicted octanol–water partition coefficient (Wildman–Crippen LogP) is 4.82. The third kappa shape index (κ3) is 2.98. The van der Waals surface area contributed by atoms with Gasteiger partial charge in [-0.15, -0.1) is 0 Å². The lowest BCUT2D eigenvalue weighted by Gasteiger charge is -2.31. The molecule has 29 heavy (non-hydrogen) atoms. The van der Waals surface area contributed by atoms with Gasteiger partial charge in [-0.2, -0.15) is 0 Å². The molecule has 4 rings (SSSR count). The number of rotatable bonds is 4. The van der Waals surface area contributed by atoms with Gasteiger partial charge < -0.3 is 9.47 Å². The first-order chi connectivity index (χ1) is 13.9. The van der Waals surface area contributed by atoms with Crippen LogP contribution in [0, 0.1) is 10.8 Å². The van der Waals surface area contributed by atoms with Crippen molar-refractivity contribution >= 4 is 17.5 Å². The Balaban J connectivity index is 1.95. The van der Waals surface area contributed by atoms with E-state index in [0.717, 1.165) is 23.1 Å². The van der Waals surface area contributed by atoms with Crippen LogP contribution < -0.4 is 0 Å². The van der Waals surface area contributed by atoms with Crippen LogP contribution in [0.25, 0.3) is 16.7 Å². The van der Waals surface area contributed by atoms with Crippen molar-refractivity contribution < 1.29 is 19.1 Å². The Morgan fingerprint density at radius 3 is 2.03 bits per heavy atom. The number of ether oxygens (including phenoxy) is 2. The van der Waals surface area contributed by atoms with E-state index in [2.05, 4.69) is 37.3 Å². The van der Waals surface area contributed by atoms with Gasteiger partial charge in [-0.25, -0.2) is 0 Å². The van der Waals surface area contributed by atoms with Gasteiger partial charge in [0.15, 0.2) is 5.41 Å². The van der Waals surface area contributed by atoms with Crippen molar-refractivity contribution in [3.05, 3.63) is 65.7 Å². The Labute approximate surface area is 171 Å². The Morgan fingerprint density at radius 1 is 0.862 bits per heavy atom. The molecule has 2 aromatic rings. The van der Waals surface area contributed by atoms with Gasteiger partial charge in [0.1, 0.15) is 0 Å². The fraction of sp³-hybridized carbons (Fsp3) is 0.360. The highest BCUT2D eigenvalue weighted by atomic mass is 16.6. The van der Waals surface area contributed by atoms with Crippen LogP contribution in [0.15, 0.2) is 54.6 Å². The van der Waals surface area contributed by atoms with Gasteiger partial charge >= 0.3 is 11.9 Å². The number of carbonyl (C=O) groups is 2. The molecule has 4 nitrogen and oxygen atoms in total. The molecule has 0 amide bonds. The molecule has 2 aromatic carbocycles. The van der Waals surface area contributed by atoms with Crippen molar-refractivity contribution in [1.29, 1.82) is 0 Å². The van der Waals surface area contributed by atoms with E-state index < -0.39 is 17.4 Å². The molecule has 0 radical (unpaired) electrons. The zero-order valence-corrected chi connectivity index (χ0v) is 17.2. The summed E-state index contributed by atoms with van der Waals surface area (Å²) in [5.74, 6) is -1.04. The number of hydrogen-bond acceptors (Lipinski definition) is 4. The highest BCUT2D eigenvalue weighted by molar-refractivity contribution is 6.06. The number of allylic oxidation sites excluding steroid dienone is 1. The number of benzene rings is 2. The van der Waals surface area contributed by atoms with E-state index >= 15 is 0 Å². The lowest BCUT2D eigenvalue weighted by molar-refractivity contribution is -0.169. The summed E-state index contributed by atoms with van der Waals surface area (Å²) in [6, 6.07) is 16.6. The first kappa shape index (κ1) is 19.4. The average Bonchev–Trinajstić information content (AvgIpc) is 2.98. The molecule has 0 fully saturated rings. The molecule has 150 valence electrons. The highest BCUT2D eigenvalue weighted by Crippen LogP contribution is 2.58. The van der Waals surface area contributed by atoms with Crippen molar-refractivity contribution in [1.82, 2.24) is 0 Å². The molecule has 0 aromatic heterocycles. The van der Waals surface area contributed by atoms with Crippen LogP contribution in [-0.2, 0) is 25.5 Å². The molecule has 0 aliphatic heterocycles. The third-order valence-electron chi connectivity index (χ3n) is 6.09. The number of fused-ring (bicyclic) bond motifs is 5. The first-order valence-corrected chi connectivity index (χ1v) is 10.2. The van der Waals surface area contributed by atoms with Crippen LogP contribution in [0.5, 0.6) is 0 Å². The SMILES string of the molecule is CCOC(=O)C1(C(=O)OCC)C=C2c3ccccc3-c3ccccc3C[C@@]2(C)C1. The van der Waals surface area contributed by atoms with Crippen molar-refractivity contribution in [3.63, 3.8) is 0 Å². The summed E-state index contributed by atoms with van der Waals surface area (Å²) in [6.45, 7) is 6.09. The predicted molar refractivity (Wildman–Crippen MR) is 112 cm³/mol. The number of hydrogen-bond donors (Lipinski definition) is 0.